The molecule has 0 heterocycles. The van der Waals surface area contributed by atoms with Crippen LogP contribution in [0.2, 0.25) is 0 Å². The lowest BCUT2D eigenvalue weighted by Gasteiger charge is -2.24. The molecule has 0 aromatic heterocycles. The Hall–Kier alpha value is 0.310. The van der Waals surface area contributed by atoms with Crippen molar-refractivity contribution in [1.82, 2.24) is 4.90 Å². The van der Waals surface area contributed by atoms with Gasteiger partial charge in [-0.05, 0) is 57.9 Å². The molecule has 0 aromatic rings. The van der Waals surface area contributed by atoms with Gasteiger partial charge in [0.2, 0.25) is 0 Å². The first-order valence-corrected chi connectivity index (χ1v) is 6.20. The fraction of sp³-hybridized carbons (Fsp3) is 1.00. The molecule has 13 heavy (non-hydrogen) atoms. The van der Waals surface area contributed by atoms with Crippen LogP contribution in [0.5, 0.6) is 0 Å². The van der Waals surface area contributed by atoms with Gasteiger partial charge in [0, 0.05) is 6.04 Å². The molecule has 1 aliphatic carbocycles. The van der Waals surface area contributed by atoms with Crippen molar-refractivity contribution < 1.29 is 0 Å². The summed E-state index contributed by atoms with van der Waals surface area (Å²) in [4.78, 5) is 2.52. The fourth-order valence-electron chi connectivity index (χ4n) is 1.79. The highest BCUT2D eigenvalue weighted by molar-refractivity contribution is 7.80. The Kier molecular flexibility index (Phi) is 5.18. The van der Waals surface area contributed by atoms with E-state index in [0.717, 1.165) is 17.7 Å². The maximum Gasteiger partial charge on any atom is 0.00921 e. The molecule has 0 aromatic carbocycles. The molecule has 1 unspecified atom stereocenters. The molecule has 0 radical (unpaired) electrons. The van der Waals surface area contributed by atoms with Crippen molar-refractivity contribution in [2.75, 3.05) is 19.3 Å². The van der Waals surface area contributed by atoms with Gasteiger partial charge in [0.15, 0.2) is 0 Å². The maximum atomic E-state index is 4.21. The number of rotatable bonds is 7. The fourth-order valence-corrected chi connectivity index (χ4v) is 2.02. The molecule has 0 bridgehead atoms. The second kappa shape index (κ2) is 5.92. The van der Waals surface area contributed by atoms with E-state index in [9.17, 15) is 0 Å². The van der Waals surface area contributed by atoms with Gasteiger partial charge in [-0.15, -0.1) is 0 Å². The van der Waals surface area contributed by atoms with Gasteiger partial charge in [0.1, 0.15) is 0 Å². The Labute approximate surface area is 88.3 Å². The minimum absolute atomic E-state index is 0.816. The average Bonchev–Trinajstić information content (AvgIpc) is 2.94. The largest absolute Gasteiger partial charge is 0.303 e. The van der Waals surface area contributed by atoms with E-state index in [-0.39, 0.29) is 0 Å². The molecule has 1 aliphatic rings. The first kappa shape index (κ1) is 11.4. The zero-order chi connectivity index (χ0) is 9.68. The van der Waals surface area contributed by atoms with Gasteiger partial charge in [0.05, 0.1) is 0 Å². The van der Waals surface area contributed by atoms with E-state index in [1.165, 1.54) is 38.6 Å². The van der Waals surface area contributed by atoms with Crippen molar-refractivity contribution in [2.24, 2.45) is 5.92 Å². The Morgan fingerprint density at radius 3 is 2.54 bits per heavy atom. The van der Waals surface area contributed by atoms with Gasteiger partial charge in [-0.2, -0.15) is 12.6 Å². The number of thiol groups is 1. The van der Waals surface area contributed by atoms with Crippen LogP contribution in [-0.4, -0.2) is 30.3 Å². The molecule has 0 N–H and O–H groups in total. The first-order chi connectivity index (χ1) is 6.25. The molecule has 0 spiro atoms. The number of nitrogens with zero attached hydrogens (tertiary/aromatic N) is 1. The third kappa shape index (κ3) is 4.37. The van der Waals surface area contributed by atoms with E-state index in [4.69, 9.17) is 0 Å². The van der Waals surface area contributed by atoms with E-state index in [1.807, 2.05) is 0 Å². The third-order valence-corrected chi connectivity index (χ3v) is 3.48. The highest BCUT2D eigenvalue weighted by Crippen LogP contribution is 2.34. The van der Waals surface area contributed by atoms with Crippen LogP contribution in [0.25, 0.3) is 0 Å². The summed E-state index contributed by atoms with van der Waals surface area (Å²) in [7, 11) is 2.27. The van der Waals surface area contributed by atoms with Crippen molar-refractivity contribution in [3.63, 3.8) is 0 Å². The standard InChI is InChI=1S/C11H23NS/c1-10(11-6-7-11)12(2)8-4-3-5-9-13/h10-11,13H,3-9H2,1-2H3. The van der Waals surface area contributed by atoms with Gasteiger partial charge >= 0.3 is 0 Å². The molecule has 0 saturated heterocycles. The minimum Gasteiger partial charge on any atom is -0.303 e. The van der Waals surface area contributed by atoms with Crippen LogP contribution in [0.3, 0.4) is 0 Å². The minimum atomic E-state index is 0.816. The van der Waals surface area contributed by atoms with Gasteiger partial charge in [-0.1, -0.05) is 6.42 Å². The quantitative estimate of drug-likeness (QED) is 0.490. The van der Waals surface area contributed by atoms with Crippen LogP contribution >= 0.6 is 12.6 Å². The third-order valence-electron chi connectivity index (χ3n) is 3.17. The van der Waals surface area contributed by atoms with Crippen LogP contribution in [-0.2, 0) is 0 Å². The Balaban J connectivity index is 1.99. The molecule has 1 fully saturated rings. The highest BCUT2D eigenvalue weighted by Gasteiger charge is 2.29. The van der Waals surface area contributed by atoms with Crippen LogP contribution < -0.4 is 0 Å². The highest BCUT2D eigenvalue weighted by atomic mass is 32.1. The molecule has 2 heteroatoms. The smallest absolute Gasteiger partial charge is 0.00921 e. The Morgan fingerprint density at radius 2 is 2.00 bits per heavy atom. The van der Waals surface area contributed by atoms with Crippen molar-refractivity contribution in [3.05, 3.63) is 0 Å². The van der Waals surface area contributed by atoms with Crippen LogP contribution in [0.15, 0.2) is 0 Å². The SMILES string of the molecule is CC(C1CC1)N(C)CCCCCS. The summed E-state index contributed by atoms with van der Waals surface area (Å²) < 4.78 is 0. The molecule has 1 nitrogen and oxygen atoms in total. The molecule has 1 rings (SSSR count). The van der Waals surface area contributed by atoms with E-state index in [1.54, 1.807) is 0 Å². The number of hydrogen-bond donors (Lipinski definition) is 1. The number of hydrogen-bond acceptors (Lipinski definition) is 2. The lowest BCUT2D eigenvalue weighted by atomic mass is 10.1. The molecule has 0 amide bonds. The lowest BCUT2D eigenvalue weighted by Crippen LogP contribution is -2.31. The van der Waals surface area contributed by atoms with Crippen LogP contribution in [0.4, 0.5) is 0 Å². The van der Waals surface area contributed by atoms with E-state index in [2.05, 4.69) is 31.5 Å². The molecule has 0 aliphatic heterocycles. The lowest BCUT2D eigenvalue weighted by molar-refractivity contribution is 0.230. The summed E-state index contributed by atoms with van der Waals surface area (Å²) in [5.74, 6) is 2.05. The summed E-state index contributed by atoms with van der Waals surface area (Å²) in [5, 5.41) is 0. The first-order valence-electron chi connectivity index (χ1n) is 5.57. The van der Waals surface area contributed by atoms with E-state index >= 15 is 0 Å². The maximum absolute atomic E-state index is 4.21. The summed E-state index contributed by atoms with van der Waals surface area (Å²) in [6.45, 7) is 3.64. The molecular formula is C11H23NS. The van der Waals surface area contributed by atoms with Gasteiger partial charge in [-0.3, -0.25) is 0 Å². The van der Waals surface area contributed by atoms with Crippen LogP contribution in [0.1, 0.15) is 39.0 Å². The molecule has 1 atom stereocenters. The van der Waals surface area contributed by atoms with E-state index < -0.39 is 0 Å². The summed E-state index contributed by atoms with van der Waals surface area (Å²) in [6.07, 6.45) is 6.87. The average molecular weight is 201 g/mol. The predicted octanol–water partition coefficient (Wildman–Crippen LogP) is 2.82. The zero-order valence-electron chi connectivity index (χ0n) is 9.00. The topological polar surface area (TPSA) is 3.24 Å². The summed E-state index contributed by atoms with van der Waals surface area (Å²) in [5.41, 5.74) is 0. The van der Waals surface area contributed by atoms with E-state index in [0.29, 0.717) is 0 Å². The van der Waals surface area contributed by atoms with Crippen molar-refractivity contribution in [3.8, 4) is 0 Å². The Bertz CT molecular complexity index is 134. The molecule has 78 valence electrons. The zero-order valence-corrected chi connectivity index (χ0v) is 9.89. The van der Waals surface area contributed by atoms with Gasteiger partial charge in [-0.25, -0.2) is 0 Å². The molecular weight excluding hydrogens is 178 g/mol. The van der Waals surface area contributed by atoms with Gasteiger partial charge < -0.3 is 4.90 Å². The summed E-state index contributed by atoms with van der Waals surface area (Å²) >= 11 is 4.21. The second-order valence-corrected chi connectivity index (χ2v) is 4.79. The van der Waals surface area contributed by atoms with Crippen LogP contribution in [0, 0.1) is 5.92 Å². The Morgan fingerprint density at radius 1 is 1.31 bits per heavy atom. The summed E-state index contributed by atoms with van der Waals surface area (Å²) in [6, 6.07) is 0.816. The second-order valence-electron chi connectivity index (χ2n) is 4.34. The van der Waals surface area contributed by atoms with Crippen molar-refractivity contribution in [2.45, 2.75) is 45.1 Å². The normalized spacial score (nSPS) is 19.4. The van der Waals surface area contributed by atoms with Crippen molar-refractivity contribution >= 4 is 12.6 Å². The predicted molar refractivity (Wildman–Crippen MR) is 62.5 cm³/mol. The van der Waals surface area contributed by atoms with Gasteiger partial charge in [0.25, 0.3) is 0 Å². The van der Waals surface area contributed by atoms with Crippen molar-refractivity contribution in [1.29, 1.82) is 0 Å². The molecule has 1 saturated carbocycles. The number of unbranched alkanes of at least 4 members (excludes halogenated alkanes) is 2. The monoisotopic (exact) mass is 201 g/mol.